The Morgan fingerprint density at radius 2 is 1.62 bits per heavy atom. The SMILES string of the molecule is CCN(CCNC(=O)COc1ccc(Oc2ccccc2)cc1)C(C)C. The van der Waals surface area contributed by atoms with Crippen molar-refractivity contribution < 1.29 is 14.3 Å². The number of nitrogens with zero attached hydrogens (tertiary/aromatic N) is 1. The molecular formula is C21H28N2O3. The van der Waals surface area contributed by atoms with Gasteiger partial charge in [-0.2, -0.15) is 0 Å². The van der Waals surface area contributed by atoms with Crippen molar-refractivity contribution in [3.8, 4) is 17.2 Å². The van der Waals surface area contributed by atoms with Crippen LogP contribution in [0.5, 0.6) is 17.2 Å². The van der Waals surface area contributed by atoms with Gasteiger partial charge in [-0.25, -0.2) is 0 Å². The Balaban J connectivity index is 1.71. The summed E-state index contributed by atoms with van der Waals surface area (Å²) in [5.74, 6) is 2.02. The van der Waals surface area contributed by atoms with Gasteiger partial charge in [0.05, 0.1) is 0 Å². The molecule has 0 aromatic heterocycles. The lowest BCUT2D eigenvalue weighted by molar-refractivity contribution is -0.123. The third kappa shape index (κ3) is 6.76. The molecule has 0 fully saturated rings. The fourth-order valence-electron chi connectivity index (χ4n) is 2.55. The Bertz CT molecular complexity index is 657. The van der Waals surface area contributed by atoms with E-state index in [1.807, 2.05) is 42.5 Å². The van der Waals surface area contributed by atoms with Gasteiger partial charge in [0, 0.05) is 19.1 Å². The zero-order chi connectivity index (χ0) is 18.8. The second-order valence-corrected chi connectivity index (χ2v) is 6.25. The first-order valence-electron chi connectivity index (χ1n) is 9.05. The Kier molecular flexibility index (Phi) is 7.96. The number of benzene rings is 2. The summed E-state index contributed by atoms with van der Waals surface area (Å²) in [4.78, 5) is 14.2. The third-order valence-electron chi connectivity index (χ3n) is 4.03. The molecule has 1 amide bonds. The van der Waals surface area contributed by atoms with E-state index in [1.54, 1.807) is 12.1 Å². The molecular weight excluding hydrogens is 328 g/mol. The molecule has 0 unspecified atom stereocenters. The first-order valence-corrected chi connectivity index (χ1v) is 9.05. The molecule has 140 valence electrons. The van der Waals surface area contributed by atoms with Gasteiger partial charge in [-0.15, -0.1) is 0 Å². The van der Waals surface area contributed by atoms with Gasteiger partial charge in [-0.05, 0) is 56.8 Å². The van der Waals surface area contributed by atoms with Crippen molar-refractivity contribution in [2.75, 3.05) is 26.2 Å². The molecule has 0 aliphatic rings. The van der Waals surface area contributed by atoms with E-state index in [1.165, 1.54) is 0 Å². The molecule has 2 aromatic carbocycles. The number of nitrogens with one attached hydrogen (secondary N) is 1. The Labute approximate surface area is 155 Å². The summed E-state index contributed by atoms with van der Waals surface area (Å²) in [5.41, 5.74) is 0. The van der Waals surface area contributed by atoms with Crippen LogP contribution in [-0.2, 0) is 4.79 Å². The van der Waals surface area contributed by atoms with E-state index in [2.05, 4.69) is 31.0 Å². The van der Waals surface area contributed by atoms with Gasteiger partial charge in [0.1, 0.15) is 17.2 Å². The van der Waals surface area contributed by atoms with Crippen molar-refractivity contribution in [2.24, 2.45) is 0 Å². The molecule has 0 spiro atoms. The van der Waals surface area contributed by atoms with Gasteiger partial charge < -0.3 is 14.8 Å². The molecule has 26 heavy (non-hydrogen) atoms. The highest BCUT2D eigenvalue weighted by molar-refractivity contribution is 5.77. The summed E-state index contributed by atoms with van der Waals surface area (Å²) in [6.45, 7) is 8.87. The predicted molar refractivity (Wildman–Crippen MR) is 104 cm³/mol. The second kappa shape index (κ2) is 10.5. The van der Waals surface area contributed by atoms with E-state index in [0.717, 1.165) is 24.6 Å². The molecule has 1 N–H and O–H groups in total. The number of ether oxygens (including phenoxy) is 2. The first kappa shape index (κ1) is 19.8. The third-order valence-corrected chi connectivity index (χ3v) is 4.03. The highest BCUT2D eigenvalue weighted by Crippen LogP contribution is 2.23. The number of para-hydroxylation sites is 1. The van der Waals surface area contributed by atoms with Gasteiger partial charge in [0.2, 0.25) is 0 Å². The van der Waals surface area contributed by atoms with E-state index < -0.39 is 0 Å². The van der Waals surface area contributed by atoms with Crippen LogP contribution in [0, 0.1) is 0 Å². The lowest BCUT2D eigenvalue weighted by Gasteiger charge is -2.24. The van der Waals surface area contributed by atoms with Crippen LogP contribution in [0.15, 0.2) is 54.6 Å². The van der Waals surface area contributed by atoms with Crippen molar-refractivity contribution in [1.82, 2.24) is 10.2 Å². The van der Waals surface area contributed by atoms with Crippen LogP contribution in [0.1, 0.15) is 20.8 Å². The standard InChI is InChI=1S/C21H28N2O3/c1-4-23(17(2)3)15-14-22-21(24)16-25-18-10-12-20(13-11-18)26-19-8-6-5-7-9-19/h5-13,17H,4,14-16H2,1-3H3,(H,22,24). The molecule has 0 saturated heterocycles. The minimum absolute atomic E-state index is 0.00664. The number of rotatable bonds is 10. The van der Waals surface area contributed by atoms with Gasteiger partial charge in [0.15, 0.2) is 6.61 Å². The monoisotopic (exact) mass is 356 g/mol. The smallest absolute Gasteiger partial charge is 0.257 e. The fraction of sp³-hybridized carbons (Fsp3) is 0.381. The van der Waals surface area contributed by atoms with Crippen molar-refractivity contribution in [2.45, 2.75) is 26.8 Å². The van der Waals surface area contributed by atoms with Gasteiger partial charge in [-0.3, -0.25) is 9.69 Å². The van der Waals surface area contributed by atoms with Crippen LogP contribution < -0.4 is 14.8 Å². The summed E-state index contributed by atoms with van der Waals surface area (Å²) in [5, 5.41) is 2.89. The number of hydrogen-bond donors (Lipinski definition) is 1. The maximum absolute atomic E-state index is 11.9. The minimum atomic E-state index is -0.116. The van der Waals surface area contributed by atoms with Gasteiger partial charge in [-0.1, -0.05) is 25.1 Å². The van der Waals surface area contributed by atoms with Crippen molar-refractivity contribution in [3.63, 3.8) is 0 Å². The fourth-order valence-corrected chi connectivity index (χ4v) is 2.55. The Hall–Kier alpha value is -2.53. The second-order valence-electron chi connectivity index (χ2n) is 6.25. The van der Waals surface area contributed by atoms with E-state index in [9.17, 15) is 4.79 Å². The lowest BCUT2D eigenvalue weighted by atomic mass is 10.3. The van der Waals surface area contributed by atoms with Crippen molar-refractivity contribution in [1.29, 1.82) is 0 Å². The number of carbonyl (C=O) groups is 1. The van der Waals surface area contributed by atoms with Crippen LogP contribution in [0.4, 0.5) is 0 Å². The van der Waals surface area contributed by atoms with Crippen LogP contribution in [0.3, 0.4) is 0 Å². The van der Waals surface area contributed by atoms with Crippen LogP contribution in [-0.4, -0.2) is 43.1 Å². The zero-order valence-corrected chi connectivity index (χ0v) is 15.8. The molecule has 0 aliphatic heterocycles. The largest absolute Gasteiger partial charge is 0.484 e. The van der Waals surface area contributed by atoms with Gasteiger partial charge >= 0.3 is 0 Å². The summed E-state index contributed by atoms with van der Waals surface area (Å²) >= 11 is 0. The molecule has 0 aliphatic carbocycles. The van der Waals surface area contributed by atoms with Crippen molar-refractivity contribution >= 4 is 5.91 Å². The average molecular weight is 356 g/mol. The lowest BCUT2D eigenvalue weighted by Crippen LogP contribution is -2.39. The highest BCUT2D eigenvalue weighted by Gasteiger charge is 2.08. The molecule has 0 saturated carbocycles. The molecule has 0 radical (unpaired) electrons. The molecule has 0 atom stereocenters. The average Bonchev–Trinajstić information content (AvgIpc) is 2.65. The summed E-state index contributed by atoms with van der Waals surface area (Å²) < 4.78 is 11.2. The number of likely N-dealkylation sites (N-methyl/N-ethyl adjacent to an activating group) is 1. The molecule has 0 heterocycles. The van der Waals surface area contributed by atoms with Crippen LogP contribution in [0.25, 0.3) is 0 Å². The highest BCUT2D eigenvalue weighted by atomic mass is 16.5. The zero-order valence-electron chi connectivity index (χ0n) is 15.8. The Morgan fingerprint density at radius 1 is 1.00 bits per heavy atom. The molecule has 0 bridgehead atoms. The topological polar surface area (TPSA) is 50.8 Å². The van der Waals surface area contributed by atoms with E-state index in [4.69, 9.17) is 9.47 Å². The minimum Gasteiger partial charge on any atom is -0.484 e. The molecule has 5 heteroatoms. The summed E-state index contributed by atoms with van der Waals surface area (Å²) in [6, 6.07) is 17.3. The molecule has 2 aromatic rings. The maximum Gasteiger partial charge on any atom is 0.257 e. The van der Waals surface area contributed by atoms with E-state index in [-0.39, 0.29) is 12.5 Å². The van der Waals surface area contributed by atoms with Crippen molar-refractivity contribution in [3.05, 3.63) is 54.6 Å². The maximum atomic E-state index is 11.9. The number of carbonyl (C=O) groups excluding carboxylic acids is 1. The number of amides is 1. The van der Waals surface area contributed by atoms with E-state index >= 15 is 0 Å². The quantitative estimate of drug-likeness (QED) is 0.705. The number of hydrogen-bond acceptors (Lipinski definition) is 4. The molecule has 2 rings (SSSR count). The normalized spacial score (nSPS) is 10.8. The van der Waals surface area contributed by atoms with Crippen LogP contribution in [0.2, 0.25) is 0 Å². The van der Waals surface area contributed by atoms with Crippen LogP contribution >= 0.6 is 0 Å². The summed E-state index contributed by atoms with van der Waals surface area (Å²) in [6.07, 6.45) is 0. The van der Waals surface area contributed by atoms with E-state index in [0.29, 0.717) is 18.3 Å². The first-order chi connectivity index (χ1) is 12.6. The predicted octanol–water partition coefficient (Wildman–Crippen LogP) is 3.70. The Morgan fingerprint density at radius 3 is 2.23 bits per heavy atom. The molecule has 5 nitrogen and oxygen atoms in total. The summed E-state index contributed by atoms with van der Waals surface area (Å²) in [7, 11) is 0. The van der Waals surface area contributed by atoms with Gasteiger partial charge in [0.25, 0.3) is 5.91 Å².